The van der Waals surface area contributed by atoms with Crippen LogP contribution in [-0.4, -0.2) is 26.1 Å². The number of hydrogen-bond donors (Lipinski definition) is 1. The number of aliphatic hydroxyl groups excluding tert-OH is 1. The fraction of sp³-hybridized carbons (Fsp3) is 0.875. The van der Waals surface area contributed by atoms with E-state index in [0.717, 1.165) is 13.0 Å². The molecule has 0 spiro atoms. The monoisotopic (exact) mass is 284 g/mol. The molecule has 0 aromatic carbocycles. The van der Waals surface area contributed by atoms with Crippen molar-refractivity contribution in [1.82, 2.24) is 0 Å². The zero-order valence-electron chi connectivity index (χ0n) is 13.8. The molecule has 2 nitrogen and oxygen atoms in total. The first-order valence-corrected chi connectivity index (χ1v) is 10.4. The highest BCUT2D eigenvalue weighted by Crippen LogP contribution is 2.43. The Morgan fingerprint density at radius 2 is 1.89 bits per heavy atom. The van der Waals surface area contributed by atoms with Crippen LogP contribution in [0.15, 0.2) is 12.2 Å². The molecule has 0 aromatic rings. The molecule has 0 amide bonds. The van der Waals surface area contributed by atoms with Crippen LogP contribution in [0.3, 0.4) is 0 Å². The van der Waals surface area contributed by atoms with Gasteiger partial charge in [0.15, 0.2) is 8.32 Å². The lowest BCUT2D eigenvalue weighted by Gasteiger charge is -2.38. The molecule has 0 radical (unpaired) electrons. The molecule has 0 saturated heterocycles. The highest BCUT2D eigenvalue weighted by Gasteiger charge is 2.43. The maximum Gasteiger partial charge on any atom is 0.191 e. The van der Waals surface area contributed by atoms with Gasteiger partial charge in [0, 0.05) is 6.61 Å². The van der Waals surface area contributed by atoms with E-state index >= 15 is 0 Å². The molecule has 1 aliphatic carbocycles. The van der Waals surface area contributed by atoms with Crippen molar-refractivity contribution in [3.05, 3.63) is 12.2 Å². The Morgan fingerprint density at radius 3 is 2.32 bits per heavy atom. The second-order valence-electron chi connectivity index (χ2n) is 7.85. The smallest absolute Gasteiger partial charge is 0.191 e. The van der Waals surface area contributed by atoms with Crippen molar-refractivity contribution in [2.45, 2.75) is 65.3 Å². The van der Waals surface area contributed by atoms with Crippen LogP contribution in [0.1, 0.15) is 41.0 Å². The minimum atomic E-state index is -1.70. The molecule has 0 unspecified atom stereocenters. The van der Waals surface area contributed by atoms with Gasteiger partial charge in [-0.2, -0.15) is 0 Å². The predicted molar refractivity (Wildman–Crippen MR) is 84.7 cm³/mol. The Kier molecular flexibility index (Phi) is 5.08. The van der Waals surface area contributed by atoms with Gasteiger partial charge in [-0.05, 0) is 49.2 Å². The summed E-state index contributed by atoms with van der Waals surface area (Å²) >= 11 is 0. The zero-order valence-corrected chi connectivity index (χ0v) is 14.8. The van der Waals surface area contributed by atoms with Crippen molar-refractivity contribution in [3.8, 4) is 0 Å². The maximum atomic E-state index is 10.1. The normalized spacial score (nSPS) is 32.6. The van der Waals surface area contributed by atoms with E-state index in [2.05, 4.69) is 54.3 Å². The van der Waals surface area contributed by atoms with Gasteiger partial charge in [-0.25, -0.2) is 0 Å². The third-order valence-corrected chi connectivity index (χ3v) is 9.87. The van der Waals surface area contributed by atoms with Crippen molar-refractivity contribution in [2.24, 2.45) is 17.8 Å². The molecular weight excluding hydrogens is 252 g/mol. The van der Waals surface area contributed by atoms with Gasteiger partial charge in [0.2, 0.25) is 0 Å². The van der Waals surface area contributed by atoms with Crippen molar-refractivity contribution in [2.75, 3.05) is 6.61 Å². The molecule has 1 rings (SSSR count). The van der Waals surface area contributed by atoms with Gasteiger partial charge in [-0.15, -0.1) is 0 Å². The summed E-state index contributed by atoms with van der Waals surface area (Å²) in [6.07, 6.45) is 0.650. The molecule has 0 aromatic heterocycles. The number of hydrogen-bond acceptors (Lipinski definition) is 2. The van der Waals surface area contributed by atoms with E-state index < -0.39 is 8.32 Å². The quantitative estimate of drug-likeness (QED) is 0.619. The highest BCUT2D eigenvalue weighted by atomic mass is 28.4. The molecule has 1 saturated carbocycles. The molecule has 1 aliphatic rings. The van der Waals surface area contributed by atoms with Gasteiger partial charge >= 0.3 is 0 Å². The zero-order chi connectivity index (χ0) is 15.0. The van der Waals surface area contributed by atoms with Gasteiger partial charge in [-0.1, -0.05) is 39.8 Å². The summed E-state index contributed by atoms with van der Waals surface area (Å²) in [6.45, 7) is 20.5. The molecule has 4 atom stereocenters. The Labute approximate surface area is 120 Å². The van der Waals surface area contributed by atoms with Crippen LogP contribution < -0.4 is 0 Å². The molecular formula is C16H32O2Si. The first-order chi connectivity index (χ1) is 8.47. The number of allylic oxidation sites excluding steroid dienone is 1. The Hall–Kier alpha value is -0.123. The van der Waals surface area contributed by atoms with Crippen molar-refractivity contribution in [3.63, 3.8) is 0 Å². The molecule has 0 heterocycles. The molecule has 0 bridgehead atoms. The van der Waals surface area contributed by atoms with Crippen LogP contribution in [-0.2, 0) is 4.43 Å². The van der Waals surface area contributed by atoms with Crippen molar-refractivity contribution >= 4 is 8.32 Å². The second kappa shape index (κ2) is 5.70. The van der Waals surface area contributed by atoms with Crippen LogP contribution in [0.5, 0.6) is 0 Å². The molecule has 1 N–H and O–H groups in total. The van der Waals surface area contributed by atoms with Gasteiger partial charge < -0.3 is 9.53 Å². The number of rotatable bonds is 4. The molecule has 19 heavy (non-hydrogen) atoms. The summed E-state index contributed by atoms with van der Waals surface area (Å²) in [5.74, 6) is 1.14. The van der Waals surface area contributed by atoms with Gasteiger partial charge in [-0.3, -0.25) is 0 Å². The van der Waals surface area contributed by atoms with Crippen molar-refractivity contribution in [1.29, 1.82) is 0 Å². The first-order valence-electron chi connectivity index (χ1n) is 7.45. The third kappa shape index (κ3) is 3.70. The topological polar surface area (TPSA) is 29.5 Å². The summed E-state index contributed by atoms with van der Waals surface area (Å²) in [6, 6.07) is 0. The van der Waals surface area contributed by atoms with E-state index in [0.29, 0.717) is 17.8 Å². The summed E-state index contributed by atoms with van der Waals surface area (Å²) < 4.78 is 6.36. The van der Waals surface area contributed by atoms with Crippen LogP contribution in [0.2, 0.25) is 18.1 Å². The van der Waals surface area contributed by atoms with E-state index in [4.69, 9.17) is 4.43 Å². The fourth-order valence-electron chi connectivity index (χ4n) is 2.66. The average Bonchev–Trinajstić information content (AvgIpc) is 2.51. The van der Waals surface area contributed by atoms with Gasteiger partial charge in [0.25, 0.3) is 0 Å². The van der Waals surface area contributed by atoms with Crippen LogP contribution in [0.25, 0.3) is 0 Å². The second-order valence-corrected chi connectivity index (χ2v) is 12.7. The lowest BCUT2D eigenvalue weighted by Crippen LogP contribution is -2.42. The molecule has 112 valence electrons. The molecule has 0 aliphatic heterocycles. The average molecular weight is 285 g/mol. The fourth-order valence-corrected chi connectivity index (χ4v) is 3.70. The van der Waals surface area contributed by atoms with Crippen LogP contribution >= 0.6 is 0 Å². The minimum absolute atomic E-state index is 0.199. The number of aliphatic hydroxyl groups is 1. The Bertz CT molecular complexity index is 330. The summed E-state index contributed by atoms with van der Waals surface area (Å²) in [4.78, 5) is 0. The highest BCUT2D eigenvalue weighted by molar-refractivity contribution is 6.74. The van der Waals surface area contributed by atoms with E-state index in [1.54, 1.807) is 0 Å². The Morgan fingerprint density at radius 1 is 1.37 bits per heavy atom. The lowest BCUT2D eigenvalue weighted by molar-refractivity contribution is 0.109. The molecule has 3 heteroatoms. The predicted octanol–water partition coefficient (Wildman–Crippen LogP) is 4.22. The maximum absolute atomic E-state index is 10.1. The van der Waals surface area contributed by atoms with E-state index in [9.17, 15) is 5.11 Å². The standard InChI is InChI=1S/C16H32O2Si/c1-11(2)13-9-15(17)12(3)14(13)10-18-19(7,8)16(4,5)6/h12-15,17H,1,9-10H2,2-8H3/t12-,13-,14-,15+/m1/s1. The lowest BCUT2D eigenvalue weighted by atomic mass is 9.87. The van der Waals surface area contributed by atoms with Crippen LogP contribution in [0, 0.1) is 17.8 Å². The van der Waals surface area contributed by atoms with Gasteiger partial charge in [0.05, 0.1) is 6.10 Å². The van der Waals surface area contributed by atoms with Gasteiger partial charge in [0.1, 0.15) is 0 Å². The van der Waals surface area contributed by atoms with E-state index in [1.807, 2.05) is 0 Å². The van der Waals surface area contributed by atoms with Crippen molar-refractivity contribution < 1.29 is 9.53 Å². The minimum Gasteiger partial charge on any atom is -0.417 e. The summed E-state index contributed by atoms with van der Waals surface area (Å²) in [5.41, 5.74) is 1.19. The van der Waals surface area contributed by atoms with Crippen LogP contribution in [0.4, 0.5) is 0 Å². The summed E-state index contributed by atoms with van der Waals surface area (Å²) in [5, 5.41) is 10.3. The summed E-state index contributed by atoms with van der Waals surface area (Å²) in [7, 11) is -1.70. The Balaban J connectivity index is 2.72. The largest absolute Gasteiger partial charge is 0.417 e. The third-order valence-electron chi connectivity index (χ3n) is 5.37. The SMILES string of the molecule is C=C(C)[C@H]1C[C@H](O)[C@H](C)[C@H]1CO[Si](C)(C)C(C)(C)C. The van der Waals surface area contributed by atoms with E-state index in [1.165, 1.54) is 5.57 Å². The molecule has 1 fully saturated rings. The van der Waals surface area contributed by atoms with E-state index in [-0.39, 0.29) is 11.1 Å². The first kappa shape index (κ1) is 16.9.